The number of carbonyl (C=O) groups is 2. The van der Waals surface area contributed by atoms with Crippen LogP contribution in [0.4, 0.5) is 0 Å². The number of carbonyl (C=O) groups excluding carboxylic acids is 1. The monoisotopic (exact) mass is 435 g/mol. The van der Waals surface area contributed by atoms with Gasteiger partial charge in [0.1, 0.15) is 0 Å². The molecule has 4 N–H and O–H groups in total. The van der Waals surface area contributed by atoms with E-state index >= 15 is 0 Å². The van der Waals surface area contributed by atoms with Gasteiger partial charge in [-0.15, -0.1) is 0 Å². The summed E-state index contributed by atoms with van der Waals surface area (Å²) in [5.41, 5.74) is 6.87. The molecule has 1 atom stereocenters. The lowest BCUT2D eigenvalue weighted by molar-refractivity contribution is -0.138. The Morgan fingerprint density at radius 3 is 2.58 bits per heavy atom. The van der Waals surface area contributed by atoms with E-state index in [0.29, 0.717) is 30.5 Å². The van der Waals surface area contributed by atoms with Crippen LogP contribution in [0.25, 0.3) is 0 Å². The van der Waals surface area contributed by atoms with Gasteiger partial charge in [0.2, 0.25) is 5.91 Å². The summed E-state index contributed by atoms with van der Waals surface area (Å²) in [5.74, 6) is 0.380. The maximum absolute atomic E-state index is 12.9. The summed E-state index contributed by atoms with van der Waals surface area (Å²) in [4.78, 5) is 25.9. The minimum Gasteiger partial charge on any atom is -0.481 e. The van der Waals surface area contributed by atoms with Crippen molar-refractivity contribution in [2.45, 2.75) is 77.7 Å². The average Bonchev–Trinajstić information content (AvgIpc) is 2.73. The number of allylic oxidation sites excluding steroid dienone is 2. The first-order chi connectivity index (χ1) is 14.8. The van der Waals surface area contributed by atoms with Crippen molar-refractivity contribution in [1.29, 1.82) is 0 Å². The van der Waals surface area contributed by atoms with Gasteiger partial charge in [-0.3, -0.25) is 9.59 Å². The van der Waals surface area contributed by atoms with Crippen LogP contribution in [0.2, 0.25) is 0 Å². The molecule has 0 spiro atoms. The van der Waals surface area contributed by atoms with Gasteiger partial charge in [0.15, 0.2) is 0 Å². The summed E-state index contributed by atoms with van der Waals surface area (Å²) in [7, 11) is 0. The van der Waals surface area contributed by atoms with E-state index in [0.717, 1.165) is 51.5 Å². The van der Waals surface area contributed by atoms with E-state index in [2.05, 4.69) is 19.2 Å². The number of hydrogen-bond donors (Lipinski definition) is 3. The number of piperidine rings is 1. The lowest BCUT2D eigenvalue weighted by Gasteiger charge is -2.33. The number of aliphatic carboxylic acids is 1. The second-order valence-corrected chi connectivity index (χ2v) is 9.38. The second-order valence-electron chi connectivity index (χ2n) is 9.38. The molecule has 2 aliphatic rings. The van der Waals surface area contributed by atoms with Crippen molar-refractivity contribution in [2.75, 3.05) is 26.3 Å². The Balaban J connectivity index is 2.01. The van der Waals surface area contributed by atoms with Gasteiger partial charge in [-0.05, 0) is 56.1 Å². The van der Waals surface area contributed by atoms with E-state index in [1.54, 1.807) is 12.2 Å². The van der Waals surface area contributed by atoms with Crippen molar-refractivity contribution in [1.82, 2.24) is 10.2 Å². The van der Waals surface area contributed by atoms with Gasteiger partial charge in [0.25, 0.3) is 0 Å². The SMILES string of the molecule is CC(C)CCOC/C(=C\C=C(/N)N1CCCC(CC(=O)O)C1)C(=O)NC1CCCCC1. The minimum absolute atomic E-state index is 0.0807. The molecule has 0 aromatic heterocycles. The lowest BCUT2D eigenvalue weighted by Crippen LogP contribution is -2.38. The van der Waals surface area contributed by atoms with Crippen molar-refractivity contribution in [3.05, 3.63) is 23.5 Å². The number of nitrogens with zero attached hydrogens (tertiary/aromatic N) is 1. The van der Waals surface area contributed by atoms with E-state index in [4.69, 9.17) is 15.6 Å². The third kappa shape index (κ3) is 9.76. The zero-order valence-electron chi connectivity index (χ0n) is 19.3. The third-order valence-corrected chi connectivity index (χ3v) is 6.13. The zero-order chi connectivity index (χ0) is 22.6. The molecule has 2 fully saturated rings. The van der Waals surface area contributed by atoms with Gasteiger partial charge in [0.05, 0.1) is 12.4 Å². The molecule has 0 bridgehead atoms. The number of carboxylic acid groups (broad SMARTS) is 1. The van der Waals surface area contributed by atoms with Crippen LogP contribution >= 0.6 is 0 Å². The zero-order valence-corrected chi connectivity index (χ0v) is 19.3. The first-order valence-corrected chi connectivity index (χ1v) is 11.9. The van der Waals surface area contributed by atoms with Crippen molar-refractivity contribution >= 4 is 11.9 Å². The molecule has 1 unspecified atom stereocenters. The number of likely N-dealkylation sites (tertiary alicyclic amines) is 1. The van der Waals surface area contributed by atoms with Gasteiger partial charge in [-0.25, -0.2) is 0 Å². The second kappa shape index (κ2) is 13.4. The Kier molecular flexibility index (Phi) is 10.9. The van der Waals surface area contributed by atoms with Gasteiger partial charge in [-0.1, -0.05) is 33.1 Å². The van der Waals surface area contributed by atoms with Crippen LogP contribution in [0.15, 0.2) is 23.5 Å². The minimum atomic E-state index is -0.769. The van der Waals surface area contributed by atoms with Gasteiger partial charge < -0.3 is 25.8 Å². The van der Waals surface area contributed by atoms with Gasteiger partial charge in [0, 0.05) is 37.7 Å². The number of nitrogens with two attached hydrogens (primary N) is 1. The molecule has 1 saturated carbocycles. The van der Waals surface area contributed by atoms with E-state index in [-0.39, 0.29) is 30.9 Å². The molecule has 7 heteroatoms. The van der Waals surface area contributed by atoms with E-state index in [9.17, 15) is 9.59 Å². The molecule has 31 heavy (non-hydrogen) atoms. The fourth-order valence-electron chi connectivity index (χ4n) is 4.22. The number of carboxylic acids is 1. The molecule has 1 aliphatic heterocycles. The number of nitrogens with one attached hydrogen (secondary N) is 1. The first-order valence-electron chi connectivity index (χ1n) is 11.9. The predicted molar refractivity (Wildman–Crippen MR) is 122 cm³/mol. The molecule has 0 aromatic rings. The van der Waals surface area contributed by atoms with E-state index in [1.807, 2.05) is 4.90 Å². The highest BCUT2D eigenvalue weighted by atomic mass is 16.5. The summed E-state index contributed by atoms with van der Waals surface area (Å²) in [6.45, 7) is 6.62. The molecule has 1 heterocycles. The smallest absolute Gasteiger partial charge is 0.303 e. The van der Waals surface area contributed by atoms with Crippen molar-refractivity contribution in [2.24, 2.45) is 17.6 Å². The van der Waals surface area contributed by atoms with Crippen molar-refractivity contribution in [3.8, 4) is 0 Å². The summed E-state index contributed by atoms with van der Waals surface area (Å²) < 4.78 is 5.78. The molecular weight excluding hydrogens is 394 g/mol. The summed E-state index contributed by atoms with van der Waals surface area (Å²) in [6, 6.07) is 0.237. The predicted octanol–water partition coefficient (Wildman–Crippen LogP) is 3.41. The molecule has 176 valence electrons. The van der Waals surface area contributed by atoms with Crippen LogP contribution in [0.3, 0.4) is 0 Å². The summed E-state index contributed by atoms with van der Waals surface area (Å²) in [5, 5.41) is 12.2. The fourth-order valence-corrected chi connectivity index (χ4v) is 4.22. The molecule has 1 aliphatic carbocycles. The number of hydrogen-bond acceptors (Lipinski definition) is 5. The van der Waals surface area contributed by atoms with Gasteiger partial charge in [-0.2, -0.15) is 0 Å². The normalized spacial score (nSPS) is 21.4. The van der Waals surface area contributed by atoms with Crippen LogP contribution in [0.5, 0.6) is 0 Å². The lowest BCUT2D eigenvalue weighted by atomic mass is 9.95. The molecule has 1 saturated heterocycles. The van der Waals surface area contributed by atoms with E-state index < -0.39 is 5.97 Å². The maximum Gasteiger partial charge on any atom is 0.303 e. The van der Waals surface area contributed by atoms with Crippen LogP contribution in [-0.4, -0.2) is 54.2 Å². The highest BCUT2D eigenvalue weighted by Gasteiger charge is 2.23. The Bertz CT molecular complexity index is 639. The van der Waals surface area contributed by atoms with Crippen molar-refractivity contribution < 1.29 is 19.4 Å². The van der Waals surface area contributed by atoms with Crippen molar-refractivity contribution in [3.63, 3.8) is 0 Å². The molecule has 1 amide bonds. The average molecular weight is 436 g/mol. The topological polar surface area (TPSA) is 105 Å². The summed E-state index contributed by atoms with van der Waals surface area (Å²) in [6.07, 6.45) is 12.1. The number of ether oxygens (including phenoxy) is 1. The maximum atomic E-state index is 12.9. The Labute approximate surface area is 187 Å². The first kappa shape index (κ1) is 25.2. The molecule has 7 nitrogen and oxygen atoms in total. The molecule has 2 rings (SSSR count). The third-order valence-electron chi connectivity index (χ3n) is 6.13. The van der Waals surface area contributed by atoms with Crippen LogP contribution < -0.4 is 11.1 Å². The van der Waals surface area contributed by atoms with Gasteiger partial charge >= 0.3 is 5.97 Å². The largest absolute Gasteiger partial charge is 0.481 e. The van der Waals surface area contributed by atoms with Crippen LogP contribution in [-0.2, 0) is 14.3 Å². The summed E-state index contributed by atoms with van der Waals surface area (Å²) >= 11 is 0. The molecule has 0 radical (unpaired) electrons. The fraction of sp³-hybridized carbons (Fsp3) is 0.750. The number of rotatable bonds is 11. The standard InChI is InChI=1S/C24H41N3O4/c1-18(2)12-14-31-17-20(24(30)26-21-8-4-3-5-9-21)10-11-22(25)27-13-6-7-19(16-27)15-23(28)29/h10-11,18-19,21H,3-9,12-17,25H2,1-2H3,(H,26,30)(H,28,29)/b20-10+,22-11+. The Morgan fingerprint density at radius 2 is 1.90 bits per heavy atom. The Morgan fingerprint density at radius 1 is 1.16 bits per heavy atom. The van der Waals surface area contributed by atoms with Crippen LogP contribution in [0, 0.1) is 11.8 Å². The number of amides is 1. The Hall–Kier alpha value is -2.02. The quantitative estimate of drug-likeness (QED) is 0.261. The highest BCUT2D eigenvalue weighted by molar-refractivity contribution is 5.94. The molecule has 0 aromatic carbocycles. The van der Waals surface area contributed by atoms with Crippen LogP contribution in [0.1, 0.15) is 71.6 Å². The highest BCUT2D eigenvalue weighted by Crippen LogP contribution is 2.21. The molecular formula is C24H41N3O4. The van der Waals surface area contributed by atoms with E-state index in [1.165, 1.54) is 6.42 Å².